The molecule has 0 aromatic heterocycles. The van der Waals surface area contributed by atoms with Gasteiger partial charge in [0.1, 0.15) is 12.4 Å². The van der Waals surface area contributed by atoms with Crippen molar-refractivity contribution in [1.29, 1.82) is 0 Å². The Morgan fingerprint density at radius 1 is 1.00 bits per heavy atom. The number of ether oxygens (including phenoxy) is 1. The molecule has 1 aliphatic rings. The Balaban J connectivity index is 1.52. The van der Waals surface area contributed by atoms with Gasteiger partial charge in [0.25, 0.3) is 0 Å². The monoisotopic (exact) mass is 311 g/mol. The second kappa shape index (κ2) is 7.99. The van der Waals surface area contributed by atoms with Gasteiger partial charge in [0.15, 0.2) is 0 Å². The topological polar surface area (TPSA) is 50.5 Å². The minimum Gasteiger partial charge on any atom is -0.487 e. The first-order valence-electron chi connectivity index (χ1n) is 8.29. The van der Waals surface area contributed by atoms with Crippen molar-refractivity contribution in [1.82, 2.24) is 10.2 Å². The molecule has 0 radical (unpaired) electrons. The number of nitrogens with one attached hydrogen (secondary N) is 1. The van der Waals surface area contributed by atoms with Gasteiger partial charge in [-0.05, 0) is 29.7 Å². The van der Waals surface area contributed by atoms with E-state index in [-0.39, 0.29) is 0 Å². The highest BCUT2D eigenvalue weighted by atomic mass is 16.5. The van der Waals surface area contributed by atoms with Crippen molar-refractivity contribution >= 4 is 5.69 Å². The molecule has 2 aromatic rings. The van der Waals surface area contributed by atoms with Crippen molar-refractivity contribution in [2.45, 2.75) is 13.0 Å². The van der Waals surface area contributed by atoms with Gasteiger partial charge in [-0.3, -0.25) is 0 Å². The summed E-state index contributed by atoms with van der Waals surface area (Å²) in [5.74, 6) is 0.764. The Kier molecular flexibility index (Phi) is 5.51. The average Bonchev–Trinajstić information content (AvgIpc) is 2.61. The van der Waals surface area contributed by atoms with Crippen molar-refractivity contribution in [3.05, 3.63) is 59.7 Å². The Morgan fingerprint density at radius 2 is 1.78 bits per heavy atom. The van der Waals surface area contributed by atoms with E-state index in [1.807, 2.05) is 30.3 Å². The molecule has 2 aromatic carbocycles. The van der Waals surface area contributed by atoms with E-state index < -0.39 is 0 Å². The maximum absolute atomic E-state index is 6.15. The molecular weight excluding hydrogens is 286 g/mol. The van der Waals surface area contributed by atoms with Gasteiger partial charge in [0.05, 0.1) is 5.69 Å². The molecule has 122 valence electrons. The van der Waals surface area contributed by atoms with E-state index in [9.17, 15) is 0 Å². The average molecular weight is 311 g/mol. The summed E-state index contributed by atoms with van der Waals surface area (Å²) < 4.78 is 5.83. The Hall–Kier alpha value is -2.04. The van der Waals surface area contributed by atoms with Crippen LogP contribution in [0.3, 0.4) is 0 Å². The van der Waals surface area contributed by atoms with Gasteiger partial charge >= 0.3 is 0 Å². The number of anilines is 1. The minimum absolute atomic E-state index is 0.547. The fraction of sp³-hybridized carbons (Fsp3) is 0.368. The maximum atomic E-state index is 6.15. The molecular formula is C19H25N3O. The molecule has 1 heterocycles. The lowest BCUT2D eigenvalue weighted by Crippen LogP contribution is -2.44. The van der Waals surface area contributed by atoms with Gasteiger partial charge in [0.2, 0.25) is 0 Å². The quantitative estimate of drug-likeness (QED) is 0.804. The van der Waals surface area contributed by atoms with Crippen molar-refractivity contribution in [2.24, 2.45) is 0 Å². The SMILES string of the molecule is Nc1cc(CCN2CCNCC2)ccc1OCc1ccccc1. The molecule has 4 nitrogen and oxygen atoms in total. The van der Waals surface area contributed by atoms with Crippen LogP contribution >= 0.6 is 0 Å². The molecule has 0 spiro atoms. The summed E-state index contributed by atoms with van der Waals surface area (Å²) >= 11 is 0. The Bertz CT molecular complexity index is 609. The Labute approximate surface area is 138 Å². The highest BCUT2D eigenvalue weighted by Gasteiger charge is 2.09. The van der Waals surface area contributed by atoms with Crippen LogP contribution in [-0.2, 0) is 13.0 Å². The number of piperazine rings is 1. The van der Waals surface area contributed by atoms with Crippen molar-refractivity contribution in [3.8, 4) is 5.75 Å². The zero-order valence-electron chi connectivity index (χ0n) is 13.5. The van der Waals surface area contributed by atoms with Gasteiger partial charge in [0, 0.05) is 32.7 Å². The van der Waals surface area contributed by atoms with Crippen LogP contribution in [0.25, 0.3) is 0 Å². The molecule has 0 amide bonds. The largest absolute Gasteiger partial charge is 0.487 e. The number of hydrogen-bond donors (Lipinski definition) is 2. The van der Waals surface area contributed by atoms with E-state index in [4.69, 9.17) is 10.5 Å². The lowest BCUT2D eigenvalue weighted by atomic mass is 10.1. The van der Waals surface area contributed by atoms with Crippen LogP contribution < -0.4 is 15.8 Å². The molecule has 0 atom stereocenters. The van der Waals surface area contributed by atoms with Crippen LogP contribution in [0.15, 0.2) is 48.5 Å². The summed E-state index contributed by atoms with van der Waals surface area (Å²) in [6, 6.07) is 16.3. The maximum Gasteiger partial charge on any atom is 0.142 e. The molecule has 0 aliphatic carbocycles. The molecule has 0 unspecified atom stereocenters. The summed E-state index contributed by atoms with van der Waals surface area (Å²) in [6.45, 7) is 6.08. The third-order valence-electron chi connectivity index (χ3n) is 4.24. The normalized spacial score (nSPS) is 15.5. The number of benzene rings is 2. The molecule has 1 aliphatic heterocycles. The first-order chi connectivity index (χ1) is 11.3. The van der Waals surface area contributed by atoms with Gasteiger partial charge in [-0.25, -0.2) is 0 Å². The molecule has 1 saturated heterocycles. The van der Waals surface area contributed by atoms with Crippen LogP contribution in [-0.4, -0.2) is 37.6 Å². The molecule has 4 heteroatoms. The summed E-state index contributed by atoms with van der Waals surface area (Å²) in [5, 5.41) is 3.38. The number of hydrogen-bond acceptors (Lipinski definition) is 4. The summed E-state index contributed by atoms with van der Waals surface area (Å²) in [5.41, 5.74) is 9.29. The first kappa shape index (κ1) is 15.8. The lowest BCUT2D eigenvalue weighted by Gasteiger charge is -2.27. The van der Waals surface area contributed by atoms with Crippen molar-refractivity contribution < 1.29 is 4.74 Å². The number of nitrogen functional groups attached to an aromatic ring is 1. The smallest absolute Gasteiger partial charge is 0.142 e. The van der Waals surface area contributed by atoms with E-state index in [2.05, 4.69) is 28.4 Å². The predicted molar refractivity (Wildman–Crippen MR) is 94.6 cm³/mol. The van der Waals surface area contributed by atoms with E-state index in [1.54, 1.807) is 0 Å². The minimum atomic E-state index is 0.547. The highest BCUT2D eigenvalue weighted by Crippen LogP contribution is 2.24. The summed E-state index contributed by atoms with van der Waals surface area (Å²) in [6.07, 6.45) is 1.03. The lowest BCUT2D eigenvalue weighted by molar-refractivity contribution is 0.244. The van der Waals surface area contributed by atoms with Crippen LogP contribution in [0.5, 0.6) is 5.75 Å². The molecule has 3 rings (SSSR count). The van der Waals surface area contributed by atoms with Crippen LogP contribution in [0.4, 0.5) is 5.69 Å². The fourth-order valence-electron chi connectivity index (χ4n) is 2.84. The third-order valence-corrected chi connectivity index (χ3v) is 4.24. The van der Waals surface area contributed by atoms with Crippen molar-refractivity contribution in [3.63, 3.8) is 0 Å². The molecule has 0 bridgehead atoms. The summed E-state index contributed by atoms with van der Waals surface area (Å²) in [4.78, 5) is 2.49. The van der Waals surface area contributed by atoms with Gasteiger partial charge in [-0.1, -0.05) is 36.4 Å². The van der Waals surface area contributed by atoms with Crippen molar-refractivity contribution in [2.75, 3.05) is 38.5 Å². The van der Waals surface area contributed by atoms with Crippen LogP contribution in [0, 0.1) is 0 Å². The first-order valence-corrected chi connectivity index (χ1v) is 8.29. The molecule has 1 fully saturated rings. The van der Waals surface area contributed by atoms with E-state index in [0.717, 1.165) is 56.1 Å². The second-order valence-corrected chi connectivity index (χ2v) is 5.99. The van der Waals surface area contributed by atoms with E-state index in [0.29, 0.717) is 6.61 Å². The molecule has 0 saturated carbocycles. The van der Waals surface area contributed by atoms with Crippen LogP contribution in [0.1, 0.15) is 11.1 Å². The van der Waals surface area contributed by atoms with E-state index in [1.165, 1.54) is 5.56 Å². The van der Waals surface area contributed by atoms with Gasteiger partial charge in [-0.15, -0.1) is 0 Å². The summed E-state index contributed by atoms with van der Waals surface area (Å²) in [7, 11) is 0. The van der Waals surface area contributed by atoms with Gasteiger partial charge < -0.3 is 20.7 Å². The fourth-order valence-corrected chi connectivity index (χ4v) is 2.84. The Morgan fingerprint density at radius 3 is 2.52 bits per heavy atom. The molecule has 3 N–H and O–H groups in total. The zero-order valence-corrected chi connectivity index (χ0v) is 13.5. The van der Waals surface area contributed by atoms with Crippen LogP contribution in [0.2, 0.25) is 0 Å². The standard InChI is InChI=1S/C19H25N3O/c20-18-14-16(8-11-22-12-9-21-10-13-22)6-7-19(18)23-15-17-4-2-1-3-5-17/h1-7,14,21H,8-13,15,20H2. The van der Waals surface area contributed by atoms with Gasteiger partial charge in [-0.2, -0.15) is 0 Å². The number of rotatable bonds is 6. The molecule has 23 heavy (non-hydrogen) atoms. The number of nitrogens with zero attached hydrogens (tertiary/aromatic N) is 1. The second-order valence-electron chi connectivity index (χ2n) is 5.99. The number of nitrogens with two attached hydrogens (primary N) is 1. The predicted octanol–water partition coefficient (Wildman–Crippen LogP) is 2.30. The third kappa shape index (κ3) is 4.71. The zero-order chi connectivity index (χ0) is 15.9. The highest BCUT2D eigenvalue weighted by molar-refractivity contribution is 5.54. The van der Waals surface area contributed by atoms with E-state index >= 15 is 0 Å².